The number of nitrogens with zero attached hydrogens (tertiary/aromatic N) is 2. The van der Waals surface area contributed by atoms with Crippen molar-refractivity contribution in [1.82, 2.24) is 4.98 Å². The third-order valence-corrected chi connectivity index (χ3v) is 2.69. The van der Waals surface area contributed by atoms with Crippen LogP contribution in [0.3, 0.4) is 0 Å². The average Bonchev–Trinajstić information content (AvgIpc) is 2.38. The van der Waals surface area contributed by atoms with E-state index in [2.05, 4.69) is 9.88 Å². The molecule has 1 heterocycles. The van der Waals surface area contributed by atoms with Gasteiger partial charge in [0.2, 0.25) is 0 Å². The van der Waals surface area contributed by atoms with Crippen molar-refractivity contribution in [3.05, 3.63) is 23.4 Å². The Morgan fingerprint density at radius 3 is 2.28 bits per heavy atom. The first-order valence-corrected chi connectivity index (χ1v) is 6.11. The fraction of sp³-hybridized carbons (Fsp3) is 0.615. The van der Waals surface area contributed by atoms with Crippen LogP contribution in [0.15, 0.2) is 12.1 Å². The van der Waals surface area contributed by atoms with E-state index < -0.39 is 0 Å². The number of anilines is 1. The summed E-state index contributed by atoms with van der Waals surface area (Å²) in [7, 11) is 3.40. The Morgan fingerprint density at radius 2 is 1.78 bits per heavy atom. The van der Waals surface area contributed by atoms with E-state index >= 15 is 0 Å². The van der Waals surface area contributed by atoms with Gasteiger partial charge < -0.3 is 20.1 Å². The lowest BCUT2D eigenvalue weighted by Crippen LogP contribution is -2.31. The van der Waals surface area contributed by atoms with Gasteiger partial charge in [-0.05, 0) is 24.6 Å². The van der Waals surface area contributed by atoms with Gasteiger partial charge in [0.1, 0.15) is 5.82 Å². The summed E-state index contributed by atoms with van der Waals surface area (Å²) in [5.74, 6) is 0.935. The minimum Gasteiger partial charge on any atom is -0.383 e. The van der Waals surface area contributed by atoms with Crippen LogP contribution in [0.2, 0.25) is 0 Å². The van der Waals surface area contributed by atoms with Gasteiger partial charge in [-0.3, -0.25) is 0 Å². The molecule has 0 fully saturated rings. The summed E-state index contributed by atoms with van der Waals surface area (Å²) in [6, 6.07) is 4.03. The van der Waals surface area contributed by atoms with Crippen LogP contribution in [0.4, 0.5) is 5.82 Å². The molecule has 5 nitrogen and oxygen atoms in total. The highest BCUT2D eigenvalue weighted by Crippen LogP contribution is 2.14. The highest BCUT2D eigenvalue weighted by Gasteiger charge is 2.09. The fourth-order valence-corrected chi connectivity index (χ4v) is 1.74. The van der Waals surface area contributed by atoms with E-state index in [1.165, 1.54) is 0 Å². The molecule has 5 heteroatoms. The minimum atomic E-state index is 0.527. The molecular formula is C13H23N3O2. The van der Waals surface area contributed by atoms with E-state index in [1.807, 2.05) is 19.1 Å². The van der Waals surface area contributed by atoms with E-state index in [0.717, 1.165) is 30.2 Å². The number of nitrogens with two attached hydrogens (primary N) is 1. The lowest BCUT2D eigenvalue weighted by Gasteiger charge is -2.24. The summed E-state index contributed by atoms with van der Waals surface area (Å²) in [5.41, 5.74) is 7.77. The lowest BCUT2D eigenvalue weighted by atomic mass is 10.2. The number of hydrogen-bond acceptors (Lipinski definition) is 5. The molecule has 0 amide bonds. The molecule has 0 bridgehead atoms. The first-order valence-electron chi connectivity index (χ1n) is 6.11. The van der Waals surface area contributed by atoms with E-state index in [9.17, 15) is 0 Å². The van der Waals surface area contributed by atoms with Crippen molar-refractivity contribution < 1.29 is 9.47 Å². The van der Waals surface area contributed by atoms with Crippen LogP contribution in [0.5, 0.6) is 0 Å². The Morgan fingerprint density at radius 1 is 1.17 bits per heavy atom. The number of aromatic nitrogens is 1. The van der Waals surface area contributed by atoms with Crippen LogP contribution in [0.25, 0.3) is 0 Å². The SMILES string of the molecule is COCCN(CCOC)c1cc(CN)cc(C)n1. The summed E-state index contributed by atoms with van der Waals surface area (Å²) in [5, 5.41) is 0. The highest BCUT2D eigenvalue weighted by molar-refractivity contribution is 5.42. The molecule has 0 aliphatic carbocycles. The number of aryl methyl sites for hydroxylation is 1. The van der Waals surface area contributed by atoms with Gasteiger partial charge >= 0.3 is 0 Å². The van der Waals surface area contributed by atoms with Crippen LogP contribution in [0.1, 0.15) is 11.3 Å². The summed E-state index contributed by atoms with van der Waals surface area (Å²) in [4.78, 5) is 6.70. The van der Waals surface area contributed by atoms with Crippen LogP contribution in [-0.4, -0.2) is 45.5 Å². The molecule has 0 radical (unpaired) electrons. The quantitative estimate of drug-likeness (QED) is 0.747. The fourth-order valence-electron chi connectivity index (χ4n) is 1.74. The zero-order valence-corrected chi connectivity index (χ0v) is 11.5. The van der Waals surface area contributed by atoms with Crippen molar-refractivity contribution in [3.63, 3.8) is 0 Å². The molecule has 102 valence electrons. The van der Waals surface area contributed by atoms with Gasteiger partial charge in [0.25, 0.3) is 0 Å². The van der Waals surface area contributed by atoms with Crippen LogP contribution in [0, 0.1) is 6.92 Å². The molecule has 1 rings (SSSR count). The predicted octanol–water partition coefficient (Wildman–Crippen LogP) is 0.948. The molecule has 0 spiro atoms. The molecule has 0 aliphatic heterocycles. The molecular weight excluding hydrogens is 230 g/mol. The van der Waals surface area contributed by atoms with Crippen LogP contribution >= 0.6 is 0 Å². The molecule has 0 unspecified atom stereocenters. The Bertz CT molecular complexity index is 350. The van der Waals surface area contributed by atoms with Crippen molar-refractivity contribution in [2.24, 2.45) is 5.73 Å². The Balaban J connectivity index is 2.84. The van der Waals surface area contributed by atoms with Gasteiger partial charge in [-0.15, -0.1) is 0 Å². The minimum absolute atomic E-state index is 0.527. The summed E-state index contributed by atoms with van der Waals surface area (Å²) >= 11 is 0. The van der Waals surface area contributed by atoms with Gasteiger partial charge in [-0.1, -0.05) is 0 Å². The third-order valence-electron chi connectivity index (χ3n) is 2.69. The van der Waals surface area contributed by atoms with Crippen LogP contribution < -0.4 is 10.6 Å². The number of hydrogen-bond donors (Lipinski definition) is 1. The Kier molecular flexibility index (Phi) is 6.64. The second-order valence-corrected chi connectivity index (χ2v) is 4.15. The largest absolute Gasteiger partial charge is 0.383 e. The molecule has 0 atom stereocenters. The van der Waals surface area contributed by atoms with E-state index in [1.54, 1.807) is 14.2 Å². The maximum atomic E-state index is 5.69. The van der Waals surface area contributed by atoms with Gasteiger partial charge in [0.15, 0.2) is 0 Å². The van der Waals surface area contributed by atoms with Crippen molar-refractivity contribution in [1.29, 1.82) is 0 Å². The maximum absolute atomic E-state index is 5.69. The van der Waals surface area contributed by atoms with E-state index in [4.69, 9.17) is 15.2 Å². The van der Waals surface area contributed by atoms with Gasteiger partial charge in [0.05, 0.1) is 13.2 Å². The molecule has 0 saturated carbocycles. The third kappa shape index (κ3) is 4.60. The average molecular weight is 253 g/mol. The lowest BCUT2D eigenvalue weighted by molar-refractivity contribution is 0.190. The van der Waals surface area contributed by atoms with E-state index in [0.29, 0.717) is 19.8 Å². The molecule has 1 aromatic heterocycles. The standard InChI is InChI=1S/C13H23N3O2/c1-11-8-12(10-14)9-13(15-11)16(4-6-17-2)5-7-18-3/h8-9H,4-7,10,14H2,1-3H3. The number of methoxy groups -OCH3 is 2. The predicted molar refractivity (Wildman–Crippen MR) is 72.8 cm³/mol. The summed E-state index contributed by atoms with van der Waals surface area (Å²) in [6.45, 7) is 5.42. The molecule has 2 N–H and O–H groups in total. The number of ether oxygens (including phenoxy) is 2. The summed E-state index contributed by atoms with van der Waals surface area (Å²) < 4.78 is 10.3. The van der Waals surface area contributed by atoms with Gasteiger partial charge in [-0.25, -0.2) is 4.98 Å². The second kappa shape index (κ2) is 8.02. The molecule has 18 heavy (non-hydrogen) atoms. The number of pyridine rings is 1. The van der Waals surface area contributed by atoms with Crippen molar-refractivity contribution >= 4 is 5.82 Å². The van der Waals surface area contributed by atoms with Crippen molar-refractivity contribution in [2.75, 3.05) is 45.4 Å². The zero-order valence-electron chi connectivity index (χ0n) is 11.5. The van der Waals surface area contributed by atoms with E-state index in [-0.39, 0.29) is 0 Å². The monoisotopic (exact) mass is 253 g/mol. The first-order chi connectivity index (χ1) is 8.71. The van der Waals surface area contributed by atoms with Gasteiger partial charge in [0, 0.05) is 39.5 Å². The Hall–Kier alpha value is -1.17. The molecule has 1 aromatic rings. The maximum Gasteiger partial charge on any atom is 0.129 e. The van der Waals surface area contributed by atoms with Gasteiger partial charge in [-0.2, -0.15) is 0 Å². The van der Waals surface area contributed by atoms with Crippen LogP contribution in [-0.2, 0) is 16.0 Å². The second-order valence-electron chi connectivity index (χ2n) is 4.15. The molecule has 0 aromatic carbocycles. The molecule has 0 saturated heterocycles. The smallest absolute Gasteiger partial charge is 0.129 e. The summed E-state index contributed by atoms with van der Waals surface area (Å²) in [6.07, 6.45) is 0. The molecule has 0 aliphatic rings. The van der Waals surface area contributed by atoms with Crippen molar-refractivity contribution in [2.45, 2.75) is 13.5 Å². The normalized spacial score (nSPS) is 10.7. The highest BCUT2D eigenvalue weighted by atomic mass is 16.5. The topological polar surface area (TPSA) is 60.6 Å². The number of rotatable bonds is 8. The van der Waals surface area contributed by atoms with Crippen molar-refractivity contribution in [3.8, 4) is 0 Å². The Labute approximate surface area is 109 Å². The zero-order chi connectivity index (χ0) is 13.4. The first kappa shape index (κ1) is 14.9.